The Bertz CT molecular complexity index is 346. The van der Waals surface area contributed by atoms with Crippen molar-refractivity contribution in [3.05, 3.63) is 38.2 Å². The van der Waals surface area contributed by atoms with Gasteiger partial charge in [-0.2, -0.15) is 0 Å². The molecule has 0 aliphatic rings. The van der Waals surface area contributed by atoms with Crippen LogP contribution in [0.3, 0.4) is 0 Å². The van der Waals surface area contributed by atoms with Crippen LogP contribution in [0, 0.1) is 0 Å². The fourth-order valence-corrected chi connectivity index (χ4v) is 7.30. The molecule has 0 radical (unpaired) electrons. The van der Waals surface area contributed by atoms with E-state index in [0.29, 0.717) is 29.9 Å². The normalized spacial score (nSPS) is 12.4. The predicted octanol–water partition coefficient (Wildman–Crippen LogP) is 3.91. The molecule has 0 aliphatic carbocycles. The van der Waals surface area contributed by atoms with Crippen molar-refractivity contribution in [2.24, 2.45) is 0 Å². The minimum absolute atomic E-state index is 0.515. The van der Waals surface area contributed by atoms with Gasteiger partial charge in [0.1, 0.15) is 0 Å². The molecule has 0 amide bonds. The van der Waals surface area contributed by atoms with Gasteiger partial charge in [-0.05, 0) is 0 Å². The van der Waals surface area contributed by atoms with Crippen LogP contribution in [0.4, 0.5) is 0 Å². The predicted molar refractivity (Wildman–Crippen MR) is 83.5 cm³/mol. The molecule has 0 N–H and O–H groups in total. The summed E-state index contributed by atoms with van der Waals surface area (Å²) in [5.41, 5.74) is 0. The Hall–Kier alpha value is 0.479. The van der Waals surface area contributed by atoms with Gasteiger partial charge in [-0.25, -0.2) is 0 Å². The van der Waals surface area contributed by atoms with Crippen molar-refractivity contribution < 1.29 is 0 Å². The van der Waals surface area contributed by atoms with E-state index in [1.807, 2.05) is 0 Å². The van der Waals surface area contributed by atoms with E-state index in [-0.39, 0.29) is 0 Å². The summed E-state index contributed by atoms with van der Waals surface area (Å²) in [7, 11) is 0. The molecule has 1 rings (SSSR count). The van der Waals surface area contributed by atoms with Gasteiger partial charge in [0.2, 0.25) is 0 Å². The van der Waals surface area contributed by atoms with Gasteiger partial charge in [0.05, 0.1) is 0 Å². The van der Waals surface area contributed by atoms with Crippen molar-refractivity contribution in [2.75, 3.05) is 0 Å². The van der Waals surface area contributed by atoms with Crippen LogP contribution in [0.5, 0.6) is 0 Å². The van der Waals surface area contributed by atoms with Crippen molar-refractivity contribution in [3.8, 4) is 0 Å². The summed E-state index contributed by atoms with van der Waals surface area (Å²) >= 11 is 4.94. The van der Waals surface area contributed by atoms with E-state index in [9.17, 15) is 0 Å². The van der Waals surface area contributed by atoms with Gasteiger partial charge < -0.3 is 0 Å². The van der Waals surface area contributed by atoms with Crippen molar-refractivity contribution >= 4 is 50.3 Å². The van der Waals surface area contributed by atoms with E-state index < -0.39 is 0 Å². The zero-order valence-electron chi connectivity index (χ0n) is 10.4. The zero-order chi connectivity index (χ0) is 12.5. The quantitative estimate of drug-likeness (QED) is 0.459. The Morgan fingerprint density at radius 1 is 1.18 bits per heavy atom. The first-order chi connectivity index (χ1) is 8.27. The molecular formula is C14H19BrSe2. The van der Waals surface area contributed by atoms with E-state index in [4.69, 9.17) is 0 Å². The monoisotopic (exact) mass is 426 g/mol. The molecule has 0 saturated heterocycles. The Kier molecular flexibility index (Phi) is 8.60. The molecule has 0 nitrogen and oxygen atoms in total. The number of unbranched alkanes of at least 4 members (excludes halogenated alkanes) is 2. The number of rotatable bonds is 7. The third-order valence-electron chi connectivity index (χ3n) is 2.36. The second-order valence-corrected chi connectivity index (χ2v) is 10.0. The van der Waals surface area contributed by atoms with Crippen LogP contribution >= 0.6 is 15.9 Å². The van der Waals surface area contributed by atoms with Crippen LogP contribution in [0.15, 0.2) is 38.2 Å². The van der Waals surface area contributed by atoms with Crippen LogP contribution in [-0.4, -0.2) is 29.9 Å². The van der Waals surface area contributed by atoms with Crippen LogP contribution in [0.1, 0.15) is 32.6 Å². The van der Waals surface area contributed by atoms with Crippen molar-refractivity contribution in [2.45, 2.75) is 38.4 Å². The Morgan fingerprint density at radius 3 is 2.47 bits per heavy atom. The Balaban J connectivity index is 2.60. The number of allylic oxidation sites excluding steroid dienone is 1. The standard InChI is InChI=1S/C14H19BrSe2/c1-3-4-6-11-13(15)14(16-2)17-12-9-7-5-8-10-12/h5,7-10H,3-4,6,11H2,1-2H3/b14-13+. The van der Waals surface area contributed by atoms with Gasteiger partial charge in [-0.15, -0.1) is 0 Å². The van der Waals surface area contributed by atoms with Gasteiger partial charge in [-0.3, -0.25) is 0 Å². The zero-order valence-corrected chi connectivity index (χ0v) is 15.4. The summed E-state index contributed by atoms with van der Waals surface area (Å²) in [6.07, 6.45) is 5.20. The third-order valence-corrected chi connectivity index (χ3v) is 10.3. The SMILES string of the molecule is CCCCC/C(Br)=C(/[Se]C)[Se]c1ccccc1. The van der Waals surface area contributed by atoms with Crippen LogP contribution < -0.4 is 4.46 Å². The number of benzene rings is 1. The van der Waals surface area contributed by atoms with E-state index in [2.05, 4.69) is 59.0 Å². The number of halogens is 1. The fourth-order valence-electron chi connectivity index (χ4n) is 1.44. The van der Waals surface area contributed by atoms with E-state index >= 15 is 0 Å². The summed E-state index contributed by atoms with van der Waals surface area (Å²) in [5.74, 6) is 2.33. The molecule has 0 bridgehead atoms. The fraction of sp³-hybridized carbons (Fsp3) is 0.429. The molecule has 0 fully saturated rings. The molecule has 94 valence electrons. The Morgan fingerprint density at radius 2 is 1.88 bits per heavy atom. The molecule has 3 heteroatoms. The van der Waals surface area contributed by atoms with Crippen LogP contribution in [0.25, 0.3) is 0 Å². The first kappa shape index (κ1) is 15.5. The minimum atomic E-state index is 0.515. The average Bonchev–Trinajstić information content (AvgIpc) is 2.37. The van der Waals surface area contributed by atoms with Crippen molar-refractivity contribution in [3.63, 3.8) is 0 Å². The molecule has 0 heterocycles. The first-order valence-corrected chi connectivity index (χ1v) is 11.0. The molecule has 0 saturated carbocycles. The second kappa shape index (κ2) is 9.41. The number of hydrogen-bond acceptors (Lipinski definition) is 0. The van der Waals surface area contributed by atoms with Crippen molar-refractivity contribution in [1.82, 2.24) is 0 Å². The van der Waals surface area contributed by atoms with E-state index in [1.165, 1.54) is 34.6 Å². The van der Waals surface area contributed by atoms with Crippen molar-refractivity contribution in [1.29, 1.82) is 0 Å². The van der Waals surface area contributed by atoms with Gasteiger partial charge in [-0.1, -0.05) is 0 Å². The summed E-state index contributed by atoms with van der Waals surface area (Å²) in [5, 5.41) is 0. The molecule has 0 unspecified atom stereocenters. The topological polar surface area (TPSA) is 0 Å². The summed E-state index contributed by atoms with van der Waals surface area (Å²) < 4.78 is 4.65. The molecule has 0 aliphatic heterocycles. The molecular weight excluding hydrogens is 406 g/mol. The van der Waals surface area contributed by atoms with Crippen LogP contribution in [-0.2, 0) is 0 Å². The van der Waals surface area contributed by atoms with E-state index in [1.54, 1.807) is 3.37 Å². The van der Waals surface area contributed by atoms with Gasteiger partial charge >= 0.3 is 127 Å². The summed E-state index contributed by atoms with van der Waals surface area (Å²) in [4.78, 5) is 0. The molecule has 0 atom stereocenters. The molecule has 17 heavy (non-hydrogen) atoms. The molecule has 0 spiro atoms. The van der Waals surface area contributed by atoms with Gasteiger partial charge in [0.15, 0.2) is 0 Å². The Labute approximate surface area is 126 Å². The van der Waals surface area contributed by atoms with Gasteiger partial charge in [0, 0.05) is 0 Å². The maximum absolute atomic E-state index is 3.80. The maximum atomic E-state index is 3.80. The van der Waals surface area contributed by atoms with Gasteiger partial charge in [0.25, 0.3) is 0 Å². The molecule has 0 aromatic heterocycles. The van der Waals surface area contributed by atoms with E-state index in [0.717, 1.165) is 0 Å². The molecule has 1 aromatic carbocycles. The first-order valence-electron chi connectivity index (χ1n) is 5.93. The third kappa shape index (κ3) is 6.27. The summed E-state index contributed by atoms with van der Waals surface area (Å²) in [6, 6.07) is 10.9. The molecule has 1 aromatic rings. The number of hydrogen-bond donors (Lipinski definition) is 0. The second-order valence-electron chi connectivity index (χ2n) is 3.77. The van der Waals surface area contributed by atoms with Crippen LogP contribution in [0.2, 0.25) is 5.82 Å². The average molecular weight is 425 g/mol. The summed E-state index contributed by atoms with van der Waals surface area (Å²) in [6.45, 7) is 2.26.